The van der Waals surface area contributed by atoms with Crippen LogP contribution in [0, 0.1) is 0 Å². The minimum Gasteiger partial charge on any atom is -0.454 e. The number of nitrogens with two attached hydrogens (primary N) is 1. The van der Waals surface area contributed by atoms with Gasteiger partial charge in [-0.15, -0.1) is 0 Å². The lowest BCUT2D eigenvalue weighted by Gasteiger charge is -2.11. The predicted molar refractivity (Wildman–Crippen MR) is 94.8 cm³/mol. The summed E-state index contributed by atoms with van der Waals surface area (Å²) < 4.78 is 33.7. The Hall–Kier alpha value is -2.83. The SMILES string of the molecule is NS(=O)(=O)c1ccc(-c2ccccc2-c2ccc3c(c2)OCO3)cc1. The van der Waals surface area contributed by atoms with Crippen molar-refractivity contribution in [1.82, 2.24) is 0 Å². The summed E-state index contributed by atoms with van der Waals surface area (Å²) in [7, 11) is -3.70. The summed E-state index contributed by atoms with van der Waals surface area (Å²) in [5, 5.41) is 5.16. The number of sulfonamides is 1. The number of ether oxygens (including phenoxy) is 2. The van der Waals surface area contributed by atoms with Gasteiger partial charge in [0.1, 0.15) is 0 Å². The summed E-state index contributed by atoms with van der Waals surface area (Å²) in [6.07, 6.45) is 0. The van der Waals surface area contributed by atoms with Crippen molar-refractivity contribution in [1.29, 1.82) is 0 Å². The smallest absolute Gasteiger partial charge is 0.238 e. The van der Waals surface area contributed by atoms with Gasteiger partial charge in [-0.25, -0.2) is 13.6 Å². The van der Waals surface area contributed by atoms with E-state index >= 15 is 0 Å². The summed E-state index contributed by atoms with van der Waals surface area (Å²) in [6.45, 7) is 0.232. The number of hydrogen-bond donors (Lipinski definition) is 1. The second kappa shape index (κ2) is 5.91. The van der Waals surface area contributed by atoms with E-state index in [1.165, 1.54) is 12.1 Å². The zero-order valence-corrected chi connectivity index (χ0v) is 14.0. The van der Waals surface area contributed by atoms with Gasteiger partial charge in [-0.3, -0.25) is 0 Å². The third-order valence-electron chi connectivity index (χ3n) is 4.10. The number of rotatable bonds is 3. The van der Waals surface area contributed by atoms with Crippen molar-refractivity contribution in [2.45, 2.75) is 4.90 Å². The molecular formula is C19H15NO4S. The number of primary sulfonamides is 1. The van der Waals surface area contributed by atoms with Crippen molar-refractivity contribution in [3.8, 4) is 33.8 Å². The summed E-state index contributed by atoms with van der Waals surface area (Å²) in [4.78, 5) is 0.0943. The van der Waals surface area contributed by atoms with Crippen LogP contribution in [0.1, 0.15) is 0 Å². The molecule has 3 aromatic carbocycles. The second-order valence-electron chi connectivity index (χ2n) is 5.68. The summed E-state index contributed by atoms with van der Waals surface area (Å²) in [5.41, 5.74) is 3.91. The highest BCUT2D eigenvalue weighted by Crippen LogP contribution is 2.39. The van der Waals surface area contributed by atoms with E-state index in [0.717, 1.165) is 33.8 Å². The third-order valence-corrected chi connectivity index (χ3v) is 5.03. The van der Waals surface area contributed by atoms with Gasteiger partial charge in [0.2, 0.25) is 16.8 Å². The molecule has 0 radical (unpaired) electrons. The van der Waals surface area contributed by atoms with E-state index < -0.39 is 10.0 Å². The van der Waals surface area contributed by atoms with Crippen molar-refractivity contribution < 1.29 is 17.9 Å². The molecule has 25 heavy (non-hydrogen) atoms. The molecule has 1 aliphatic heterocycles. The van der Waals surface area contributed by atoms with Crippen LogP contribution in [0.5, 0.6) is 11.5 Å². The van der Waals surface area contributed by atoms with Crippen molar-refractivity contribution in [2.24, 2.45) is 5.14 Å². The summed E-state index contributed by atoms with van der Waals surface area (Å²) in [5.74, 6) is 1.45. The van der Waals surface area contributed by atoms with Crippen LogP contribution in [0.4, 0.5) is 0 Å². The van der Waals surface area contributed by atoms with Crippen molar-refractivity contribution in [3.05, 3.63) is 66.7 Å². The quantitative estimate of drug-likeness (QED) is 0.783. The molecular weight excluding hydrogens is 338 g/mol. The first-order chi connectivity index (χ1) is 12.0. The van der Waals surface area contributed by atoms with Gasteiger partial charge in [0.25, 0.3) is 0 Å². The van der Waals surface area contributed by atoms with Crippen LogP contribution in [-0.2, 0) is 10.0 Å². The maximum atomic E-state index is 11.4. The monoisotopic (exact) mass is 353 g/mol. The molecule has 126 valence electrons. The lowest BCUT2D eigenvalue weighted by atomic mass is 9.94. The van der Waals surface area contributed by atoms with E-state index in [2.05, 4.69) is 0 Å². The minimum absolute atomic E-state index is 0.0943. The molecule has 0 amide bonds. The Kier molecular flexibility index (Phi) is 3.71. The van der Waals surface area contributed by atoms with Crippen LogP contribution in [0.2, 0.25) is 0 Å². The molecule has 0 fully saturated rings. The molecule has 4 rings (SSSR count). The zero-order chi connectivity index (χ0) is 17.4. The van der Waals surface area contributed by atoms with Gasteiger partial charge >= 0.3 is 0 Å². The fourth-order valence-electron chi connectivity index (χ4n) is 2.87. The molecule has 6 heteroatoms. The molecule has 0 spiro atoms. The maximum absolute atomic E-state index is 11.4. The van der Waals surface area contributed by atoms with Gasteiger partial charge in [0, 0.05) is 0 Å². The van der Waals surface area contributed by atoms with Crippen molar-refractivity contribution >= 4 is 10.0 Å². The van der Waals surface area contributed by atoms with Gasteiger partial charge in [-0.2, -0.15) is 0 Å². The van der Waals surface area contributed by atoms with Crippen LogP contribution in [0.25, 0.3) is 22.3 Å². The van der Waals surface area contributed by atoms with E-state index in [1.807, 2.05) is 42.5 Å². The fourth-order valence-corrected chi connectivity index (χ4v) is 3.39. The van der Waals surface area contributed by atoms with Crippen LogP contribution < -0.4 is 14.6 Å². The van der Waals surface area contributed by atoms with Crippen LogP contribution in [-0.4, -0.2) is 15.2 Å². The molecule has 5 nitrogen and oxygen atoms in total. The van der Waals surface area contributed by atoms with E-state index in [4.69, 9.17) is 14.6 Å². The van der Waals surface area contributed by atoms with E-state index in [-0.39, 0.29) is 11.7 Å². The Balaban J connectivity index is 1.80. The molecule has 0 aliphatic carbocycles. The van der Waals surface area contributed by atoms with Crippen molar-refractivity contribution in [3.63, 3.8) is 0 Å². The molecule has 0 unspecified atom stereocenters. The summed E-state index contributed by atoms with van der Waals surface area (Å²) >= 11 is 0. The Morgan fingerprint density at radius 3 is 2.04 bits per heavy atom. The average Bonchev–Trinajstić information content (AvgIpc) is 3.09. The zero-order valence-electron chi connectivity index (χ0n) is 13.2. The van der Waals surface area contributed by atoms with Gasteiger partial charge in [-0.1, -0.05) is 42.5 Å². The van der Waals surface area contributed by atoms with E-state index in [9.17, 15) is 8.42 Å². The number of hydrogen-bond acceptors (Lipinski definition) is 4. The number of fused-ring (bicyclic) bond motifs is 1. The normalized spacial score (nSPS) is 13.0. The lowest BCUT2D eigenvalue weighted by Crippen LogP contribution is -2.11. The van der Waals surface area contributed by atoms with Gasteiger partial charge < -0.3 is 9.47 Å². The fraction of sp³-hybridized carbons (Fsp3) is 0.0526. The molecule has 1 heterocycles. The molecule has 3 aromatic rings. The maximum Gasteiger partial charge on any atom is 0.238 e. The van der Waals surface area contributed by atoms with Crippen LogP contribution in [0.3, 0.4) is 0 Å². The Morgan fingerprint density at radius 2 is 1.36 bits per heavy atom. The molecule has 0 bridgehead atoms. The largest absolute Gasteiger partial charge is 0.454 e. The highest BCUT2D eigenvalue weighted by atomic mass is 32.2. The topological polar surface area (TPSA) is 78.6 Å². The molecule has 0 aromatic heterocycles. The third kappa shape index (κ3) is 2.97. The molecule has 0 saturated carbocycles. The Labute approximate surface area is 145 Å². The van der Waals surface area contributed by atoms with Crippen molar-refractivity contribution in [2.75, 3.05) is 6.79 Å². The van der Waals surface area contributed by atoms with Gasteiger partial charge in [0.15, 0.2) is 11.5 Å². The highest BCUT2D eigenvalue weighted by molar-refractivity contribution is 7.89. The van der Waals surface area contributed by atoms with Gasteiger partial charge in [-0.05, 0) is 46.5 Å². The van der Waals surface area contributed by atoms with Gasteiger partial charge in [0.05, 0.1) is 4.90 Å². The van der Waals surface area contributed by atoms with Crippen LogP contribution in [0.15, 0.2) is 71.6 Å². The standard InChI is InChI=1S/C19H15NO4S/c20-25(21,22)15-8-5-13(6-9-15)16-3-1-2-4-17(16)14-7-10-18-19(11-14)24-12-23-18/h1-11H,12H2,(H2,20,21,22). The minimum atomic E-state index is -3.70. The first-order valence-electron chi connectivity index (χ1n) is 7.65. The van der Waals surface area contributed by atoms with E-state index in [0.29, 0.717) is 0 Å². The Bertz CT molecular complexity index is 1040. The average molecular weight is 353 g/mol. The van der Waals surface area contributed by atoms with Crippen LogP contribution >= 0.6 is 0 Å². The first kappa shape index (κ1) is 15.7. The molecule has 0 atom stereocenters. The lowest BCUT2D eigenvalue weighted by molar-refractivity contribution is 0.174. The second-order valence-corrected chi connectivity index (χ2v) is 7.24. The molecule has 1 aliphatic rings. The predicted octanol–water partition coefficient (Wildman–Crippen LogP) is 3.40. The summed E-state index contributed by atoms with van der Waals surface area (Å²) in [6, 6.07) is 20.3. The number of benzene rings is 3. The molecule has 2 N–H and O–H groups in total. The van der Waals surface area contributed by atoms with E-state index in [1.54, 1.807) is 12.1 Å². The Morgan fingerprint density at radius 1 is 0.760 bits per heavy atom. The first-order valence-corrected chi connectivity index (χ1v) is 9.19. The highest BCUT2D eigenvalue weighted by Gasteiger charge is 2.16. The molecule has 0 saturated heterocycles.